The Bertz CT molecular complexity index is 727. The van der Waals surface area contributed by atoms with Crippen LogP contribution in [0, 0.1) is 0 Å². The minimum atomic E-state index is -3.78. The molecular weight excluding hydrogens is 356 g/mol. The maximum Gasteiger partial charge on any atom is 0.335 e. The predicted octanol–water partition coefficient (Wildman–Crippen LogP) is 2.40. The molecule has 6 nitrogen and oxygen atoms in total. The van der Waals surface area contributed by atoms with Crippen LogP contribution in [0.25, 0.3) is 0 Å². The minimum Gasteiger partial charge on any atom is -0.478 e. The Morgan fingerprint density at radius 3 is 2.74 bits per heavy atom. The number of anilines is 1. The van der Waals surface area contributed by atoms with Crippen LogP contribution in [0.15, 0.2) is 38.5 Å². The largest absolute Gasteiger partial charge is 0.478 e. The van der Waals surface area contributed by atoms with Crippen molar-refractivity contribution in [3.05, 3.63) is 39.8 Å². The molecular formula is C10H7BrN2O4S2. The third-order valence-electron chi connectivity index (χ3n) is 2.07. The van der Waals surface area contributed by atoms with Gasteiger partial charge in [-0.1, -0.05) is 0 Å². The van der Waals surface area contributed by atoms with E-state index < -0.39 is 16.0 Å². The molecule has 0 aliphatic carbocycles. The number of carbonyl (C=O) groups is 1. The first-order valence-electron chi connectivity index (χ1n) is 4.85. The normalized spacial score (nSPS) is 11.2. The van der Waals surface area contributed by atoms with Gasteiger partial charge in [0.1, 0.15) is 5.82 Å². The van der Waals surface area contributed by atoms with Gasteiger partial charge in [-0.15, -0.1) is 11.3 Å². The highest BCUT2D eigenvalue weighted by Gasteiger charge is 2.20. The van der Waals surface area contributed by atoms with Gasteiger partial charge < -0.3 is 5.11 Å². The number of sulfonamides is 1. The molecule has 2 heterocycles. The molecule has 0 radical (unpaired) electrons. The first-order chi connectivity index (χ1) is 8.90. The topological polar surface area (TPSA) is 96.4 Å². The summed E-state index contributed by atoms with van der Waals surface area (Å²) in [6, 6.07) is 4.04. The zero-order valence-electron chi connectivity index (χ0n) is 9.20. The van der Waals surface area contributed by atoms with Gasteiger partial charge in [-0.05, 0) is 39.5 Å². The molecule has 9 heteroatoms. The van der Waals surface area contributed by atoms with Crippen LogP contribution in [-0.2, 0) is 10.0 Å². The lowest BCUT2D eigenvalue weighted by atomic mass is 10.3. The lowest BCUT2D eigenvalue weighted by Crippen LogP contribution is -2.13. The molecule has 0 amide bonds. The number of hydrogen-bond acceptors (Lipinski definition) is 5. The predicted molar refractivity (Wildman–Crippen MR) is 74.0 cm³/mol. The summed E-state index contributed by atoms with van der Waals surface area (Å²) in [6.45, 7) is 0. The van der Waals surface area contributed by atoms with Crippen LogP contribution >= 0.6 is 27.3 Å². The van der Waals surface area contributed by atoms with Crippen molar-refractivity contribution in [2.24, 2.45) is 0 Å². The molecule has 2 aromatic heterocycles. The van der Waals surface area contributed by atoms with E-state index in [1.807, 2.05) is 0 Å². The highest BCUT2D eigenvalue weighted by molar-refractivity contribution is 9.10. The Morgan fingerprint density at radius 2 is 2.16 bits per heavy atom. The molecule has 0 bridgehead atoms. The number of carboxylic acid groups (broad SMARTS) is 1. The highest BCUT2D eigenvalue weighted by Crippen LogP contribution is 2.28. The number of aromatic nitrogens is 1. The van der Waals surface area contributed by atoms with Gasteiger partial charge in [0.15, 0.2) is 4.21 Å². The van der Waals surface area contributed by atoms with Crippen LogP contribution in [0.2, 0.25) is 0 Å². The smallest absolute Gasteiger partial charge is 0.335 e. The lowest BCUT2D eigenvalue weighted by molar-refractivity contribution is 0.0697. The van der Waals surface area contributed by atoms with Crippen molar-refractivity contribution in [3.8, 4) is 0 Å². The van der Waals surface area contributed by atoms with Gasteiger partial charge in [-0.25, -0.2) is 18.2 Å². The molecule has 100 valence electrons. The number of halogens is 1. The molecule has 2 N–H and O–H groups in total. The Kier molecular flexibility index (Phi) is 3.88. The molecule has 0 saturated carbocycles. The van der Waals surface area contributed by atoms with Crippen LogP contribution in [-0.4, -0.2) is 24.5 Å². The van der Waals surface area contributed by atoms with Crippen molar-refractivity contribution in [2.45, 2.75) is 4.21 Å². The zero-order valence-corrected chi connectivity index (χ0v) is 12.4. The van der Waals surface area contributed by atoms with E-state index in [1.165, 1.54) is 12.3 Å². The molecule has 0 saturated heterocycles. The Morgan fingerprint density at radius 1 is 1.42 bits per heavy atom. The fourth-order valence-electron chi connectivity index (χ4n) is 1.27. The fraction of sp³-hybridized carbons (Fsp3) is 0. The van der Waals surface area contributed by atoms with Gasteiger partial charge in [0.05, 0.1) is 5.56 Å². The Labute approximate surface area is 121 Å². The molecule has 0 aliphatic heterocycles. The number of nitrogens with zero attached hydrogens (tertiary/aromatic N) is 1. The lowest BCUT2D eigenvalue weighted by Gasteiger charge is -2.06. The van der Waals surface area contributed by atoms with E-state index in [9.17, 15) is 13.2 Å². The van der Waals surface area contributed by atoms with Gasteiger partial charge in [0.2, 0.25) is 0 Å². The molecule has 0 aliphatic rings. The molecule has 19 heavy (non-hydrogen) atoms. The second kappa shape index (κ2) is 5.27. The van der Waals surface area contributed by atoms with Gasteiger partial charge in [-0.3, -0.25) is 4.72 Å². The number of nitrogens with one attached hydrogen (secondary N) is 1. The molecule has 2 rings (SSSR count). The second-order valence-corrected chi connectivity index (χ2v) is 7.04. The van der Waals surface area contributed by atoms with Gasteiger partial charge >= 0.3 is 5.97 Å². The standard InChI is InChI=1S/C10H7BrN2O4S2/c11-7-2-4-18-10(7)19(16,17)13-8-5-6(9(14)15)1-3-12-8/h1-5H,(H,12,13)(H,14,15). The number of thiophene rings is 1. The quantitative estimate of drug-likeness (QED) is 0.870. The molecule has 0 spiro atoms. The maximum atomic E-state index is 12.0. The zero-order chi connectivity index (χ0) is 14.0. The third kappa shape index (κ3) is 3.11. The minimum absolute atomic E-state index is 0.0415. The van der Waals surface area contributed by atoms with E-state index in [2.05, 4.69) is 25.6 Å². The summed E-state index contributed by atoms with van der Waals surface area (Å²) < 4.78 is 26.9. The summed E-state index contributed by atoms with van der Waals surface area (Å²) in [5.74, 6) is -1.19. The number of pyridine rings is 1. The average Bonchev–Trinajstić information content (AvgIpc) is 2.76. The van der Waals surface area contributed by atoms with E-state index in [0.717, 1.165) is 17.4 Å². The van der Waals surface area contributed by atoms with Crippen LogP contribution in [0.5, 0.6) is 0 Å². The summed E-state index contributed by atoms with van der Waals surface area (Å²) in [5, 5.41) is 10.4. The Balaban J connectivity index is 2.34. The fourth-order valence-corrected chi connectivity index (χ4v) is 4.61. The van der Waals surface area contributed by atoms with E-state index in [-0.39, 0.29) is 15.6 Å². The molecule has 2 aromatic rings. The summed E-state index contributed by atoms with van der Waals surface area (Å²) in [5.41, 5.74) is -0.0436. The van der Waals surface area contributed by atoms with Crippen molar-refractivity contribution in [3.63, 3.8) is 0 Å². The maximum absolute atomic E-state index is 12.0. The molecule has 0 fully saturated rings. The third-order valence-corrected chi connectivity index (χ3v) is 6.10. The first-order valence-corrected chi connectivity index (χ1v) is 8.01. The number of aromatic carboxylic acids is 1. The summed E-state index contributed by atoms with van der Waals surface area (Å²) in [7, 11) is -3.78. The second-order valence-electron chi connectivity index (χ2n) is 3.40. The van der Waals surface area contributed by atoms with E-state index in [4.69, 9.17) is 5.11 Å². The van der Waals surface area contributed by atoms with Crippen molar-refractivity contribution >= 4 is 49.1 Å². The van der Waals surface area contributed by atoms with Crippen LogP contribution < -0.4 is 4.72 Å². The summed E-state index contributed by atoms with van der Waals surface area (Å²) in [4.78, 5) is 14.6. The van der Waals surface area contributed by atoms with Gasteiger partial charge in [0.25, 0.3) is 10.0 Å². The van der Waals surface area contributed by atoms with Crippen molar-refractivity contribution in [1.29, 1.82) is 0 Å². The molecule has 0 unspecified atom stereocenters. The van der Waals surface area contributed by atoms with Crippen molar-refractivity contribution in [2.75, 3.05) is 4.72 Å². The van der Waals surface area contributed by atoms with Gasteiger partial charge in [-0.2, -0.15) is 0 Å². The number of hydrogen-bond donors (Lipinski definition) is 2. The van der Waals surface area contributed by atoms with E-state index in [1.54, 1.807) is 11.4 Å². The summed E-state index contributed by atoms with van der Waals surface area (Å²) in [6.07, 6.45) is 1.23. The highest BCUT2D eigenvalue weighted by atomic mass is 79.9. The van der Waals surface area contributed by atoms with Crippen LogP contribution in [0.1, 0.15) is 10.4 Å². The van der Waals surface area contributed by atoms with Gasteiger partial charge in [0, 0.05) is 10.7 Å². The summed E-state index contributed by atoms with van der Waals surface area (Å²) >= 11 is 4.17. The Hall–Kier alpha value is -1.45. The van der Waals surface area contributed by atoms with Crippen LogP contribution in [0.3, 0.4) is 0 Å². The number of carboxylic acids is 1. The van der Waals surface area contributed by atoms with Crippen LogP contribution in [0.4, 0.5) is 5.82 Å². The molecule has 0 atom stereocenters. The van der Waals surface area contributed by atoms with E-state index >= 15 is 0 Å². The monoisotopic (exact) mass is 362 g/mol. The number of rotatable bonds is 4. The average molecular weight is 363 g/mol. The van der Waals surface area contributed by atoms with Crippen molar-refractivity contribution in [1.82, 2.24) is 4.98 Å². The first kappa shape index (κ1) is 14.0. The SMILES string of the molecule is O=C(O)c1ccnc(NS(=O)(=O)c2sccc2Br)c1. The molecule has 0 aromatic carbocycles. The van der Waals surface area contributed by atoms with E-state index in [0.29, 0.717) is 4.47 Å². The van der Waals surface area contributed by atoms with Crippen molar-refractivity contribution < 1.29 is 18.3 Å².